The van der Waals surface area contributed by atoms with Crippen LogP contribution in [-0.4, -0.2) is 18.4 Å². The molecule has 3 nitrogen and oxygen atoms in total. The Bertz CT molecular complexity index is 2840. The summed E-state index contributed by atoms with van der Waals surface area (Å²) in [6, 6.07) is 66.1. The Morgan fingerprint density at radius 1 is 0.481 bits per heavy atom. The molecule has 0 aliphatic rings. The number of hydrogen-bond donors (Lipinski definition) is 0. The Balaban J connectivity index is 1.36. The summed E-state index contributed by atoms with van der Waals surface area (Å²) in [5, 5.41) is 4.58. The number of benzene rings is 8. The molecule has 0 aliphatic carbocycles. The minimum Gasteiger partial charge on any atom is -0.261 e. The predicted octanol–water partition coefficient (Wildman–Crippen LogP) is 13.3. The van der Waals surface area contributed by atoms with Gasteiger partial charge in [-0.3, -0.25) is 4.99 Å². The summed E-state index contributed by atoms with van der Waals surface area (Å²) in [6.45, 7) is 4.46. The lowest BCUT2D eigenvalue weighted by molar-refractivity contribution is 1.06. The third kappa shape index (κ3) is 6.44. The summed E-state index contributed by atoms with van der Waals surface area (Å²) < 4.78 is 2.42. The molecule has 0 aliphatic heterocycles. The van der Waals surface area contributed by atoms with Crippen LogP contribution in [0.25, 0.3) is 64.3 Å². The second-order valence-electron chi connectivity index (χ2n) is 13.2. The molecule has 0 fully saturated rings. The minimum absolute atomic E-state index is 0.469. The second-order valence-corrected chi connectivity index (χ2v) is 14.3. The SMILES string of the molecule is C=NC(=NC(=NCc1ccccc1)c1ccc(-c2ccccc2)c2sc3c(-c4ccccc4)cc(-c4ccccc4)cc3c12)c1ccc2ccccc2c1. The number of nitrogens with zero attached hydrogens (tertiary/aromatic N) is 3. The van der Waals surface area contributed by atoms with E-state index in [1.807, 2.05) is 17.4 Å². The Hall–Kier alpha value is -6.75. The van der Waals surface area contributed by atoms with Crippen molar-refractivity contribution in [2.45, 2.75) is 6.54 Å². The summed E-state index contributed by atoms with van der Waals surface area (Å²) in [7, 11) is 0. The fourth-order valence-electron chi connectivity index (χ4n) is 7.19. The van der Waals surface area contributed by atoms with Gasteiger partial charge < -0.3 is 0 Å². The van der Waals surface area contributed by atoms with Gasteiger partial charge in [-0.05, 0) is 75.1 Å². The number of hydrogen-bond acceptors (Lipinski definition) is 2. The minimum atomic E-state index is 0.469. The maximum absolute atomic E-state index is 5.30. The van der Waals surface area contributed by atoms with Gasteiger partial charge in [-0.1, -0.05) is 164 Å². The molecule has 8 aromatic carbocycles. The number of aliphatic imine (C=N–C) groups is 3. The van der Waals surface area contributed by atoms with Gasteiger partial charge in [0.2, 0.25) is 0 Å². The van der Waals surface area contributed by atoms with Crippen molar-refractivity contribution in [3.63, 3.8) is 0 Å². The number of amidine groups is 2. The van der Waals surface area contributed by atoms with E-state index in [1.54, 1.807) is 0 Å². The first-order chi connectivity index (χ1) is 26.7. The molecule has 256 valence electrons. The van der Waals surface area contributed by atoms with Gasteiger partial charge in [-0.2, -0.15) is 0 Å². The van der Waals surface area contributed by atoms with Crippen LogP contribution >= 0.6 is 11.3 Å². The third-order valence-electron chi connectivity index (χ3n) is 9.86. The molecule has 0 spiro atoms. The molecule has 0 radical (unpaired) electrons. The molecule has 54 heavy (non-hydrogen) atoms. The largest absolute Gasteiger partial charge is 0.261 e. The van der Waals surface area contributed by atoms with Gasteiger partial charge in [0.25, 0.3) is 0 Å². The topological polar surface area (TPSA) is 37.1 Å². The highest BCUT2D eigenvalue weighted by Crippen LogP contribution is 2.47. The van der Waals surface area contributed by atoms with Gasteiger partial charge in [0.05, 0.1) is 6.54 Å². The van der Waals surface area contributed by atoms with Gasteiger partial charge in [0.15, 0.2) is 11.7 Å². The fourth-order valence-corrected chi connectivity index (χ4v) is 8.57. The average Bonchev–Trinajstić information content (AvgIpc) is 3.64. The van der Waals surface area contributed by atoms with Crippen LogP contribution in [0, 0.1) is 0 Å². The van der Waals surface area contributed by atoms with Crippen molar-refractivity contribution >= 4 is 60.7 Å². The van der Waals surface area contributed by atoms with Crippen molar-refractivity contribution in [3.8, 4) is 33.4 Å². The molecule has 9 rings (SSSR count). The summed E-state index contributed by atoms with van der Waals surface area (Å²) in [5.41, 5.74) is 10.0. The summed E-state index contributed by atoms with van der Waals surface area (Å²) in [6.07, 6.45) is 0. The first-order valence-electron chi connectivity index (χ1n) is 18.1. The van der Waals surface area contributed by atoms with E-state index in [0.717, 1.165) is 38.4 Å². The van der Waals surface area contributed by atoms with Crippen LogP contribution < -0.4 is 0 Å². The summed E-state index contributed by atoms with van der Waals surface area (Å²) >= 11 is 1.84. The van der Waals surface area contributed by atoms with Crippen LogP contribution in [0.2, 0.25) is 0 Å². The maximum Gasteiger partial charge on any atom is 0.161 e. The van der Waals surface area contributed by atoms with E-state index < -0.39 is 0 Å². The summed E-state index contributed by atoms with van der Waals surface area (Å²) in [4.78, 5) is 15.1. The highest BCUT2D eigenvalue weighted by atomic mass is 32.1. The van der Waals surface area contributed by atoms with Crippen molar-refractivity contribution in [1.82, 2.24) is 0 Å². The Morgan fingerprint density at radius 2 is 1.09 bits per heavy atom. The van der Waals surface area contributed by atoms with Crippen LogP contribution in [0.5, 0.6) is 0 Å². The predicted molar refractivity (Wildman–Crippen MR) is 232 cm³/mol. The molecular formula is C50H35N3S. The molecule has 1 heterocycles. The van der Waals surface area contributed by atoms with Crippen LogP contribution in [0.15, 0.2) is 203 Å². The lowest BCUT2D eigenvalue weighted by Crippen LogP contribution is -2.06. The van der Waals surface area contributed by atoms with Gasteiger partial charge in [-0.15, -0.1) is 11.3 Å². The Morgan fingerprint density at radius 3 is 1.78 bits per heavy atom. The zero-order valence-electron chi connectivity index (χ0n) is 29.6. The molecule has 0 saturated heterocycles. The smallest absolute Gasteiger partial charge is 0.161 e. The van der Waals surface area contributed by atoms with Crippen LogP contribution in [0.4, 0.5) is 0 Å². The first kappa shape index (κ1) is 33.1. The van der Waals surface area contributed by atoms with Gasteiger partial charge in [-0.25, -0.2) is 9.98 Å². The highest BCUT2D eigenvalue weighted by Gasteiger charge is 2.21. The quantitative estimate of drug-likeness (QED) is 0.117. The molecule has 4 heteroatoms. The Kier molecular flexibility index (Phi) is 9.02. The molecule has 0 bridgehead atoms. The first-order valence-corrected chi connectivity index (χ1v) is 18.9. The van der Waals surface area contributed by atoms with E-state index in [1.165, 1.54) is 42.6 Å². The fraction of sp³-hybridized carbons (Fsp3) is 0.0200. The number of rotatable bonds is 7. The van der Waals surface area contributed by atoms with Gasteiger partial charge >= 0.3 is 0 Å². The summed E-state index contributed by atoms with van der Waals surface area (Å²) in [5.74, 6) is 1.15. The van der Waals surface area contributed by atoms with Crippen LogP contribution in [0.1, 0.15) is 16.7 Å². The van der Waals surface area contributed by atoms with Gasteiger partial charge in [0, 0.05) is 36.9 Å². The molecule has 0 unspecified atom stereocenters. The number of fused-ring (bicyclic) bond motifs is 4. The molecule has 0 amide bonds. The standard InChI is InChI=1S/C50H35N3S/c1-51-49(40-27-26-36-20-14-15-25-39(36)30-40)53-50(52-33-34-16-6-2-7-17-34)43-29-28-42(37-21-10-4-11-22-37)48-46(43)45-32-41(35-18-8-3-9-19-35)31-44(47(45)54-48)38-23-12-5-13-24-38/h2-32H,1,33H2. The van der Waals surface area contributed by atoms with Crippen molar-refractivity contribution < 1.29 is 0 Å². The maximum atomic E-state index is 5.30. The van der Waals surface area contributed by atoms with Crippen molar-refractivity contribution in [2.75, 3.05) is 0 Å². The molecule has 0 atom stereocenters. The van der Waals surface area contributed by atoms with Crippen molar-refractivity contribution in [3.05, 3.63) is 205 Å². The second kappa shape index (κ2) is 14.7. The van der Waals surface area contributed by atoms with Crippen LogP contribution in [-0.2, 0) is 6.54 Å². The molecular weight excluding hydrogens is 675 g/mol. The lowest BCUT2D eigenvalue weighted by Gasteiger charge is -2.12. The molecule has 9 aromatic rings. The molecule has 0 N–H and O–H groups in total. The van der Waals surface area contributed by atoms with Crippen molar-refractivity contribution in [2.24, 2.45) is 15.0 Å². The van der Waals surface area contributed by atoms with E-state index in [9.17, 15) is 0 Å². The monoisotopic (exact) mass is 709 g/mol. The molecule has 1 aromatic heterocycles. The zero-order chi connectivity index (χ0) is 36.3. The third-order valence-corrected chi connectivity index (χ3v) is 11.1. The van der Waals surface area contributed by atoms with E-state index in [0.29, 0.717) is 18.2 Å². The van der Waals surface area contributed by atoms with Crippen LogP contribution in [0.3, 0.4) is 0 Å². The van der Waals surface area contributed by atoms with Crippen molar-refractivity contribution in [1.29, 1.82) is 0 Å². The average molecular weight is 710 g/mol. The van der Waals surface area contributed by atoms with E-state index >= 15 is 0 Å². The number of thiophene rings is 1. The van der Waals surface area contributed by atoms with Gasteiger partial charge in [0.1, 0.15) is 0 Å². The lowest BCUT2D eigenvalue weighted by atomic mass is 9.93. The van der Waals surface area contributed by atoms with E-state index in [2.05, 4.69) is 194 Å². The van der Waals surface area contributed by atoms with E-state index in [4.69, 9.17) is 9.98 Å². The van der Waals surface area contributed by atoms with E-state index in [-0.39, 0.29) is 0 Å². The highest BCUT2D eigenvalue weighted by molar-refractivity contribution is 7.27. The Labute approximate surface area is 319 Å². The normalized spacial score (nSPS) is 12.1. The zero-order valence-corrected chi connectivity index (χ0v) is 30.4. The molecule has 0 saturated carbocycles.